The molecule has 0 aliphatic carbocycles. The van der Waals surface area contributed by atoms with Gasteiger partial charge < -0.3 is 5.73 Å². The van der Waals surface area contributed by atoms with E-state index in [9.17, 15) is 0 Å². The molecule has 0 radical (unpaired) electrons. The molecule has 82 valence electrons. The number of benzene rings is 1. The molecule has 3 nitrogen and oxygen atoms in total. The van der Waals surface area contributed by atoms with Crippen molar-refractivity contribution in [1.29, 1.82) is 0 Å². The van der Waals surface area contributed by atoms with Gasteiger partial charge in [0.2, 0.25) is 0 Å². The molecule has 0 amide bonds. The first-order valence-corrected chi connectivity index (χ1v) is 5.45. The summed E-state index contributed by atoms with van der Waals surface area (Å²) in [6.45, 7) is 2.03. The fraction of sp³-hybridized carbons (Fsp3) is 0.231. The molecular formula is C13H15N3. The molecule has 3 heteroatoms. The van der Waals surface area contributed by atoms with Crippen molar-refractivity contribution in [3.63, 3.8) is 0 Å². The van der Waals surface area contributed by atoms with Gasteiger partial charge in [0, 0.05) is 11.8 Å². The lowest BCUT2D eigenvalue weighted by atomic mass is 10.1. The van der Waals surface area contributed by atoms with E-state index in [2.05, 4.69) is 9.97 Å². The molecule has 0 saturated carbocycles. The topological polar surface area (TPSA) is 51.8 Å². The molecule has 0 spiro atoms. The minimum Gasteiger partial charge on any atom is -0.321 e. The molecule has 1 atom stereocenters. The van der Waals surface area contributed by atoms with E-state index in [0.717, 1.165) is 17.7 Å². The molecule has 0 fully saturated rings. The number of nitrogens with two attached hydrogens (primary N) is 1. The van der Waals surface area contributed by atoms with E-state index in [1.54, 1.807) is 6.20 Å². The van der Waals surface area contributed by atoms with E-state index in [1.165, 1.54) is 0 Å². The van der Waals surface area contributed by atoms with Gasteiger partial charge in [0.15, 0.2) is 0 Å². The molecule has 2 rings (SSSR count). The Kier molecular flexibility index (Phi) is 3.27. The molecule has 1 unspecified atom stereocenters. The Labute approximate surface area is 95.4 Å². The van der Waals surface area contributed by atoms with E-state index in [4.69, 9.17) is 5.73 Å². The zero-order chi connectivity index (χ0) is 11.4. The Hall–Kier alpha value is -1.74. The maximum atomic E-state index is 5.92. The van der Waals surface area contributed by atoms with Gasteiger partial charge in [-0.1, -0.05) is 37.3 Å². The smallest absolute Gasteiger partial charge is 0.145 e. The number of aromatic nitrogens is 2. The van der Waals surface area contributed by atoms with E-state index >= 15 is 0 Å². The number of hydrogen-bond donors (Lipinski definition) is 1. The van der Waals surface area contributed by atoms with Gasteiger partial charge in [-0.2, -0.15) is 0 Å². The van der Waals surface area contributed by atoms with Crippen LogP contribution in [0.15, 0.2) is 42.6 Å². The first kappa shape index (κ1) is 10.8. The summed E-state index contributed by atoms with van der Waals surface area (Å²) in [7, 11) is 0. The van der Waals surface area contributed by atoms with Crippen molar-refractivity contribution in [3.8, 4) is 11.3 Å². The highest BCUT2D eigenvalue weighted by Gasteiger charge is 2.07. The van der Waals surface area contributed by atoms with E-state index < -0.39 is 0 Å². The van der Waals surface area contributed by atoms with Gasteiger partial charge in [-0.25, -0.2) is 9.97 Å². The first-order chi connectivity index (χ1) is 7.81. The van der Waals surface area contributed by atoms with Crippen LogP contribution in [0.4, 0.5) is 0 Å². The normalized spacial score (nSPS) is 12.4. The van der Waals surface area contributed by atoms with Crippen LogP contribution in [0, 0.1) is 0 Å². The average Bonchev–Trinajstić information content (AvgIpc) is 2.39. The first-order valence-electron chi connectivity index (χ1n) is 5.45. The van der Waals surface area contributed by atoms with Gasteiger partial charge in [-0.3, -0.25) is 0 Å². The van der Waals surface area contributed by atoms with Crippen LogP contribution in [0.5, 0.6) is 0 Å². The minimum atomic E-state index is -0.0799. The number of hydrogen-bond acceptors (Lipinski definition) is 3. The summed E-state index contributed by atoms with van der Waals surface area (Å²) < 4.78 is 0. The maximum Gasteiger partial charge on any atom is 0.145 e. The molecule has 2 aromatic rings. The fourth-order valence-electron chi connectivity index (χ4n) is 1.50. The fourth-order valence-corrected chi connectivity index (χ4v) is 1.50. The minimum absolute atomic E-state index is 0.0799. The molecule has 2 N–H and O–H groups in total. The number of rotatable bonds is 3. The summed E-state index contributed by atoms with van der Waals surface area (Å²) >= 11 is 0. The van der Waals surface area contributed by atoms with Gasteiger partial charge in [0.05, 0.1) is 11.7 Å². The maximum absolute atomic E-state index is 5.92. The Bertz CT molecular complexity index is 454. The van der Waals surface area contributed by atoms with Crippen LogP contribution < -0.4 is 5.73 Å². The van der Waals surface area contributed by atoms with Gasteiger partial charge in [-0.15, -0.1) is 0 Å². The summed E-state index contributed by atoms with van der Waals surface area (Å²) in [6, 6.07) is 11.9. The molecule has 1 aromatic heterocycles. The molecule has 0 aliphatic rings. The summed E-state index contributed by atoms with van der Waals surface area (Å²) in [6.07, 6.45) is 2.61. The van der Waals surface area contributed by atoms with Crippen molar-refractivity contribution in [3.05, 3.63) is 48.4 Å². The van der Waals surface area contributed by atoms with Crippen molar-refractivity contribution >= 4 is 0 Å². The third kappa shape index (κ3) is 2.25. The monoisotopic (exact) mass is 213 g/mol. The third-order valence-electron chi connectivity index (χ3n) is 2.52. The summed E-state index contributed by atoms with van der Waals surface area (Å²) in [4.78, 5) is 8.68. The standard InChI is InChI=1S/C13H15N3/c1-2-11(14)13-15-9-8-12(16-13)10-6-4-3-5-7-10/h3-9,11H,2,14H2,1H3. The lowest BCUT2D eigenvalue weighted by Gasteiger charge is -2.08. The Balaban J connectivity index is 2.36. The lowest BCUT2D eigenvalue weighted by Crippen LogP contribution is -2.12. The van der Waals surface area contributed by atoms with Crippen LogP contribution >= 0.6 is 0 Å². The van der Waals surface area contributed by atoms with Gasteiger partial charge in [0.1, 0.15) is 5.82 Å². The van der Waals surface area contributed by atoms with E-state index in [-0.39, 0.29) is 6.04 Å². The molecule has 0 saturated heterocycles. The zero-order valence-corrected chi connectivity index (χ0v) is 9.30. The number of nitrogens with zero attached hydrogens (tertiary/aromatic N) is 2. The second-order valence-electron chi connectivity index (χ2n) is 3.68. The molecule has 0 aliphatic heterocycles. The Morgan fingerprint density at radius 2 is 1.94 bits per heavy atom. The zero-order valence-electron chi connectivity index (χ0n) is 9.30. The van der Waals surface area contributed by atoms with Crippen molar-refractivity contribution in [2.24, 2.45) is 5.73 Å². The second kappa shape index (κ2) is 4.86. The SMILES string of the molecule is CCC(N)c1nccc(-c2ccccc2)n1. The molecule has 16 heavy (non-hydrogen) atoms. The quantitative estimate of drug-likeness (QED) is 0.852. The predicted octanol–water partition coefficient (Wildman–Crippen LogP) is 2.55. The van der Waals surface area contributed by atoms with Crippen molar-refractivity contribution in [2.75, 3.05) is 0 Å². The van der Waals surface area contributed by atoms with Crippen molar-refractivity contribution in [2.45, 2.75) is 19.4 Å². The highest BCUT2D eigenvalue weighted by atomic mass is 14.9. The van der Waals surface area contributed by atoms with Crippen LogP contribution in [0.1, 0.15) is 25.2 Å². The summed E-state index contributed by atoms with van der Waals surface area (Å²) in [5.41, 5.74) is 7.93. The highest BCUT2D eigenvalue weighted by Crippen LogP contribution is 2.17. The Morgan fingerprint density at radius 1 is 1.19 bits per heavy atom. The molecule has 1 aromatic carbocycles. The van der Waals surface area contributed by atoms with Crippen molar-refractivity contribution in [1.82, 2.24) is 9.97 Å². The van der Waals surface area contributed by atoms with Crippen LogP contribution in [-0.2, 0) is 0 Å². The van der Waals surface area contributed by atoms with Crippen LogP contribution in [0.3, 0.4) is 0 Å². The van der Waals surface area contributed by atoms with Crippen LogP contribution in [0.25, 0.3) is 11.3 Å². The van der Waals surface area contributed by atoms with Crippen LogP contribution in [-0.4, -0.2) is 9.97 Å². The largest absolute Gasteiger partial charge is 0.321 e. The van der Waals surface area contributed by atoms with Crippen LogP contribution in [0.2, 0.25) is 0 Å². The van der Waals surface area contributed by atoms with Gasteiger partial charge >= 0.3 is 0 Å². The molecule has 0 bridgehead atoms. The van der Waals surface area contributed by atoms with Gasteiger partial charge in [-0.05, 0) is 12.5 Å². The third-order valence-corrected chi connectivity index (χ3v) is 2.52. The van der Waals surface area contributed by atoms with E-state index in [1.807, 2.05) is 43.3 Å². The summed E-state index contributed by atoms with van der Waals surface area (Å²) in [5, 5.41) is 0. The Morgan fingerprint density at radius 3 is 2.62 bits per heavy atom. The second-order valence-corrected chi connectivity index (χ2v) is 3.68. The highest BCUT2D eigenvalue weighted by molar-refractivity contribution is 5.58. The van der Waals surface area contributed by atoms with E-state index in [0.29, 0.717) is 5.82 Å². The van der Waals surface area contributed by atoms with Gasteiger partial charge in [0.25, 0.3) is 0 Å². The molecular weight excluding hydrogens is 198 g/mol. The predicted molar refractivity (Wildman–Crippen MR) is 64.7 cm³/mol. The molecule has 1 heterocycles. The summed E-state index contributed by atoms with van der Waals surface area (Å²) in [5.74, 6) is 0.712. The lowest BCUT2D eigenvalue weighted by molar-refractivity contribution is 0.649. The van der Waals surface area contributed by atoms with Crippen molar-refractivity contribution < 1.29 is 0 Å². The average molecular weight is 213 g/mol.